The number of aromatic nitrogens is 3. The van der Waals surface area contributed by atoms with Gasteiger partial charge in [-0.05, 0) is 25.0 Å². The van der Waals surface area contributed by atoms with Crippen LogP contribution in [0, 0.1) is 11.3 Å². The Hall–Kier alpha value is -2.55. The predicted molar refractivity (Wildman–Crippen MR) is 76.1 cm³/mol. The Kier molecular flexibility index (Phi) is 3.25. The van der Waals surface area contributed by atoms with Crippen LogP contribution < -0.4 is 10.6 Å². The van der Waals surface area contributed by atoms with Crippen LogP contribution in [0.1, 0.15) is 30.1 Å². The molecule has 0 aliphatic carbocycles. The van der Waals surface area contributed by atoms with Crippen LogP contribution in [0.15, 0.2) is 24.4 Å². The molecule has 0 unspecified atom stereocenters. The molecule has 0 aromatic carbocycles. The molecule has 2 aromatic rings. The molecule has 1 aliphatic rings. The summed E-state index contributed by atoms with van der Waals surface area (Å²) in [5, 5.41) is 15.7. The lowest BCUT2D eigenvalue weighted by Gasteiger charge is -2.32. The van der Waals surface area contributed by atoms with Crippen molar-refractivity contribution in [2.75, 3.05) is 23.7 Å². The zero-order chi connectivity index (χ0) is 13.9. The fourth-order valence-corrected chi connectivity index (χ4v) is 2.65. The zero-order valence-electron chi connectivity index (χ0n) is 11.1. The van der Waals surface area contributed by atoms with E-state index in [9.17, 15) is 0 Å². The fraction of sp³-hybridized carbons (Fsp3) is 0.357. The van der Waals surface area contributed by atoms with Crippen LogP contribution in [0.25, 0.3) is 0 Å². The lowest BCUT2D eigenvalue weighted by molar-refractivity contribution is 0.495. The highest BCUT2D eigenvalue weighted by molar-refractivity contribution is 5.46. The van der Waals surface area contributed by atoms with Crippen molar-refractivity contribution in [2.45, 2.75) is 18.8 Å². The largest absolute Gasteiger partial charge is 0.382 e. The second-order valence-electron chi connectivity index (χ2n) is 5.02. The van der Waals surface area contributed by atoms with Gasteiger partial charge in [0.15, 0.2) is 0 Å². The van der Waals surface area contributed by atoms with Crippen molar-refractivity contribution in [3.8, 4) is 6.07 Å². The number of nitrogens with two attached hydrogens (primary N) is 1. The van der Waals surface area contributed by atoms with Crippen LogP contribution in [0.2, 0.25) is 0 Å². The summed E-state index contributed by atoms with van der Waals surface area (Å²) >= 11 is 0. The molecule has 102 valence electrons. The summed E-state index contributed by atoms with van der Waals surface area (Å²) in [6, 6.07) is 7.67. The molecule has 0 amide bonds. The minimum Gasteiger partial charge on any atom is -0.382 e. The number of nitrogens with one attached hydrogen (secondary N) is 1. The molecule has 3 rings (SSSR count). The van der Waals surface area contributed by atoms with Gasteiger partial charge in [0.25, 0.3) is 0 Å². The summed E-state index contributed by atoms with van der Waals surface area (Å²) in [6.45, 7) is 1.94. The first-order valence-electron chi connectivity index (χ1n) is 6.68. The number of hydrogen-bond acceptors (Lipinski definition) is 5. The monoisotopic (exact) mass is 268 g/mol. The number of H-pyrrole nitrogens is 1. The number of aromatic amines is 1. The Morgan fingerprint density at radius 3 is 2.70 bits per heavy atom. The third-order valence-corrected chi connectivity index (χ3v) is 3.78. The number of nitrogen functional groups attached to an aromatic ring is 1. The van der Waals surface area contributed by atoms with E-state index in [1.54, 1.807) is 12.3 Å². The first-order valence-corrected chi connectivity index (χ1v) is 6.68. The number of pyridine rings is 1. The van der Waals surface area contributed by atoms with Crippen molar-refractivity contribution >= 4 is 11.5 Å². The molecule has 3 heterocycles. The summed E-state index contributed by atoms with van der Waals surface area (Å²) in [6.07, 6.45) is 3.89. The molecule has 6 nitrogen and oxygen atoms in total. The normalized spacial score (nSPS) is 16.1. The van der Waals surface area contributed by atoms with Gasteiger partial charge in [-0.3, -0.25) is 5.10 Å². The van der Waals surface area contributed by atoms with E-state index in [1.807, 2.05) is 18.2 Å². The molecule has 6 heteroatoms. The van der Waals surface area contributed by atoms with Crippen molar-refractivity contribution < 1.29 is 0 Å². The molecule has 20 heavy (non-hydrogen) atoms. The zero-order valence-corrected chi connectivity index (χ0v) is 11.1. The van der Waals surface area contributed by atoms with E-state index in [1.165, 1.54) is 0 Å². The smallest absolute Gasteiger partial charge is 0.145 e. The second kappa shape index (κ2) is 5.21. The van der Waals surface area contributed by atoms with Gasteiger partial charge < -0.3 is 10.6 Å². The van der Waals surface area contributed by atoms with E-state index in [-0.39, 0.29) is 0 Å². The molecule has 0 atom stereocenters. The molecule has 1 saturated heterocycles. The maximum Gasteiger partial charge on any atom is 0.145 e. The molecule has 2 aromatic heterocycles. The summed E-state index contributed by atoms with van der Waals surface area (Å²) in [7, 11) is 0. The van der Waals surface area contributed by atoms with Crippen molar-refractivity contribution in [3.05, 3.63) is 35.8 Å². The highest BCUT2D eigenvalue weighted by Gasteiger charge is 2.22. The summed E-state index contributed by atoms with van der Waals surface area (Å²) in [4.78, 5) is 6.41. The number of rotatable bonds is 2. The Bertz CT molecular complexity index is 616. The number of nitrogens with zero attached hydrogens (tertiary/aromatic N) is 4. The van der Waals surface area contributed by atoms with E-state index in [0.29, 0.717) is 17.4 Å². The molecule has 1 aliphatic heterocycles. The standard InChI is InChI=1S/C14H16N6/c15-8-11-1-2-12(9-17-11)20-5-3-10(4-6-20)13-7-14(16)19-18-13/h1-2,7,9-10H,3-6H2,(H3,16,18,19). The van der Waals surface area contributed by atoms with Crippen LogP contribution in [-0.4, -0.2) is 28.3 Å². The van der Waals surface area contributed by atoms with Crippen LogP contribution in [0.3, 0.4) is 0 Å². The summed E-state index contributed by atoms with van der Waals surface area (Å²) < 4.78 is 0. The molecule has 0 bridgehead atoms. The second-order valence-corrected chi connectivity index (χ2v) is 5.02. The van der Waals surface area contributed by atoms with E-state index in [0.717, 1.165) is 37.3 Å². The minimum atomic E-state index is 0.455. The van der Waals surface area contributed by atoms with Gasteiger partial charge in [0.2, 0.25) is 0 Å². The lowest BCUT2D eigenvalue weighted by atomic mass is 9.93. The molecule has 3 N–H and O–H groups in total. The highest BCUT2D eigenvalue weighted by atomic mass is 15.2. The lowest BCUT2D eigenvalue weighted by Crippen LogP contribution is -2.33. The van der Waals surface area contributed by atoms with Crippen molar-refractivity contribution in [3.63, 3.8) is 0 Å². The van der Waals surface area contributed by atoms with E-state index in [4.69, 9.17) is 11.0 Å². The first-order chi connectivity index (χ1) is 9.76. The maximum atomic E-state index is 8.76. The fourth-order valence-electron chi connectivity index (χ4n) is 2.65. The average molecular weight is 268 g/mol. The number of anilines is 2. The molecule has 1 fully saturated rings. The van der Waals surface area contributed by atoms with Gasteiger partial charge >= 0.3 is 0 Å². The van der Waals surface area contributed by atoms with Crippen molar-refractivity contribution in [1.29, 1.82) is 5.26 Å². The number of piperidine rings is 1. The van der Waals surface area contributed by atoms with Gasteiger partial charge in [-0.25, -0.2) is 4.98 Å². The highest BCUT2D eigenvalue weighted by Crippen LogP contribution is 2.29. The van der Waals surface area contributed by atoms with Crippen molar-refractivity contribution in [1.82, 2.24) is 15.2 Å². The Morgan fingerprint density at radius 1 is 1.35 bits per heavy atom. The van der Waals surface area contributed by atoms with E-state index < -0.39 is 0 Å². The van der Waals surface area contributed by atoms with E-state index in [2.05, 4.69) is 20.1 Å². The summed E-state index contributed by atoms with van der Waals surface area (Å²) in [5.41, 5.74) is 8.30. The first kappa shape index (κ1) is 12.5. The topological polar surface area (TPSA) is 94.6 Å². The third kappa shape index (κ3) is 2.43. The van der Waals surface area contributed by atoms with Crippen LogP contribution in [0.5, 0.6) is 0 Å². The van der Waals surface area contributed by atoms with Gasteiger partial charge in [-0.1, -0.05) is 0 Å². The maximum absolute atomic E-state index is 8.76. The molecule has 0 radical (unpaired) electrons. The predicted octanol–water partition coefficient (Wildman–Crippen LogP) is 1.64. The van der Waals surface area contributed by atoms with Crippen LogP contribution in [-0.2, 0) is 0 Å². The van der Waals surface area contributed by atoms with Gasteiger partial charge in [0, 0.05) is 30.8 Å². The average Bonchev–Trinajstić information content (AvgIpc) is 2.94. The molecular formula is C14H16N6. The SMILES string of the molecule is N#Cc1ccc(N2CCC(c3cc(N)n[nH]3)CC2)cn1. The van der Waals surface area contributed by atoms with Gasteiger partial charge in [-0.2, -0.15) is 10.4 Å². The van der Waals surface area contributed by atoms with Crippen LogP contribution >= 0.6 is 0 Å². The van der Waals surface area contributed by atoms with Crippen molar-refractivity contribution in [2.24, 2.45) is 0 Å². The number of nitriles is 1. The number of hydrogen-bond donors (Lipinski definition) is 2. The van der Waals surface area contributed by atoms with E-state index >= 15 is 0 Å². The summed E-state index contributed by atoms with van der Waals surface area (Å²) in [5.74, 6) is 1.04. The Balaban J connectivity index is 1.64. The quantitative estimate of drug-likeness (QED) is 0.863. The molecule has 0 saturated carbocycles. The minimum absolute atomic E-state index is 0.455. The van der Waals surface area contributed by atoms with Gasteiger partial charge in [-0.15, -0.1) is 0 Å². The Morgan fingerprint density at radius 2 is 2.15 bits per heavy atom. The molecular weight excluding hydrogens is 252 g/mol. The van der Waals surface area contributed by atoms with Gasteiger partial charge in [0.1, 0.15) is 17.6 Å². The molecule has 0 spiro atoms. The third-order valence-electron chi connectivity index (χ3n) is 3.78. The van der Waals surface area contributed by atoms with Gasteiger partial charge in [0.05, 0.1) is 11.9 Å². The van der Waals surface area contributed by atoms with Crippen LogP contribution in [0.4, 0.5) is 11.5 Å². The Labute approximate surface area is 117 Å².